The number of halogens is 2. The zero-order chi connectivity index (χ0) is 25.9. The Hall–Kier alpha value is -3.40. The van der Waals surface area contributed by atoms with E-state index in [-0.39, 0.29) is 17.0 Å². The van der Waals surface area contributed by atoms with Crippen LogP contribution < -0.4 is 4.74 Å². The monoisotopic (exact) mass is 532 g/mol. The highest BCUT2D eigenvalue weighted by molar-refractivity contribution is 7.21. The van der Waals surface area contributed by atoms with Gasteiger partial charge in [0.2, 0.25) is 0 Å². The number of carbonyl (C=O) groups excluding carboxylic acids is 1. The van der Waals surface area contributed by atoms with Crippen molar-refractivity contribution in [2.24, 2.45) is 0 Å². The predicted molar refractivity (Wildman–Crippen MR) is 147 cm³/mol. The molecule has 7 heteroatoms. The maximum atomic E-state index is 14.5. The highest BCUT2D eigenvalue weighted by atomic mass is 35.5. The Morgan fingerprint density at radius 1 is 1.11 bits per heavy atom. The van der Waals surface area contributed by atoms with Gasteiger partial charge in [0.15, 0.2) is 0 Å². The highest BCUT2D eigenvalue weighted by Crippen LogP contribution is 2.39. The number of rotatable bonds is 6. The molecule has 0 atom stereocenters. The molecule has 0 saturated heterocycles. The predicted octanol–water partition coefficient (Wildman–Crippen LogP) is 8.22. The summed E-state index contributed by atoms with van der Waals surface area (Å²) in [5.41, 5.74) is 3.43. The van der Waals surface area contributed by atoms with Crippen molar-refractivity contribution < 1.29 is 13.9 Å². The normalized spacial score (nSPS) is 13.9. The molecule has 4 nitrogen and oxygen atoms in total. The van der Waals surface area contributed by atoms with Crippen molar-refractivity contribution >= 4 is 38.9 Å². The molecular formula is C30H26ClFN2O2S. The molecule has 1 aliphatic carbocycles. The third-order valence-corrected chi connectivity index (χ3v) is 8.68. The van der Waals surface area contributed by atoms with Crippen LogP contribution in [0.3, 0.4) is 0 Å². The minimum absolute atomic E-state index is 0.0654. The number of hydrogen-bond donors (Lipinski definition) is 0. The summed E-state index contributed by atoms with van der Waals surface area (Å²) in [6.07, 6.45) is 5.11. The van der Waals surface area contributed by atoms with Crippen LogP contribution in [0.15, 0.2) is 60.7 Å². The summed E-state index contributed by atoms with van der Waals surface area (Å²) in [6, 6.07) is 20.3. The average Bonchev–Trinajstić information content (AvgIpc) is 3.29. The Labute approximate surface area is 224 Å². The van der Waals surface area contributed by atoms with Crippen LogP contribution in [0.2, 0.25) is 5.02 Å². The summed E-state index contributed by atoms with van der Waals surface area (Å²) in [5.74, 6) is 0.0987. The van der Waals surface area contributed by atoms with Crippen LogP contribution >= 0.6 is 22.9 Å². The first-order valence-corrected chi connectivity index (χ1v) is 13.5. The van der Waals surface area contributed by atoms with Crippen molar-refractivity contribution in [1.82, 2.24) is 4.90 Å². The van der Waals surface area contributed by atoms with E-state index in [1.54, 1.807) is 31.4 Å². The molecule has 4 aromatic rings. The molecule has 1 amide bonds. The van der Waals surface area contributed by atoms with Crippen molar-refractivity contribution in [3.05, 3.63) is 87.5 Å². The quantitative estimate of drug-likeness (QED) is 0.251. The summed E-state index contributed by atoms with van der Waals surface area (Å²) in [7, 11) is 1.62. The number of methoxy groups -OCH3 is 1. The third kappa shape index (κ3) is 5.07. The molecule has 0 unspecified atom stereocenters. The van der Waals surface area contributed by atoms with E-state index < -0.39 is 5.82 Å². The van der Waals surface area contributed by atoms with E-state index in [1.165, 1.54) is 17.4 Å². The van der Waals surface area contributed by atoms with Crippen LogP contribution in [0, 0.1) is 17.1 Å². The molecular weight excluding hydrogens is 507 g/mol. The van der Waals surface area contributed by atoms with Gasteiger partial charge in [-0.15, -0.1) is 11.3 Å². The van der Waals surface area contributed by atoms with Crippen LogP contribution in [0.25, 0.3) is 21.2 Å². The second-order valence-electron chi connectivity index (χ2n) is 9.30. The van der Waals surface area contributed by atoms with Crippen LogP contribution in [-0.4, -0.2) is 24.0 Å². The molecule has 3 aromatic carbocycles. The van der Waals surface area contributed by atoms with Gasteiger partial charge in [0.1, 0.15) is 16.4 Å². The number of ether oxygens (including phenoxy) is 1. The SMILES string of the molecule is COc1ccc(-c2ccc(C#N)cc2)cc1CN(C(=O)c1sc2cccc(F)c2c1Cl)C1CCCCC1. The van der Waals surface area contributed by atoms with E-state index in [0.29, 0.717) is 32.8 Å². The number of carbonyl (C=O) groups is 1. The van der Waals surface area contributed by atoms with Crippen LogP contribution in [0.4, 0.5) is 4.39 Å². The van der Waals surface area contributed by atoms with E-state index in [0.717, 1.165) is 48.8 Å². The minimum Gasteiger partial charge on any atom is -0.496 e. The third-order valence-electron chi connectivity index (χ3n) is 7.05. The second-order valence-corrected chi connectivity index (χ2v) is 10.7. The molecule has 1 aliphatic rings. The number of thiophene rings is 1. The average molecular weight is 533 g/mol. The molecule has 188 valence electrons. The van der Waals surface area contributed by atoms with Crippen molar-refractivity contribution in [2.45, 2.75) is 44.7 Å². The van der Waals surface area contributed by atoms with Gasteiger partial charge < -0.3 is 9.64 Å². The van der Waals surface area contributed by atoms with E-state index >= 15 is 0 Å². The zero-order valence-corrected chi connectivity index (χ0v) is 22.0. The summed E-state index contributed by atoms with van der Waals surface area (Å²) < 4.78 is 20.9. The van der Waals surface area contributed by atoms with Gasteiger partial charge in [-0.25, -0.2) is 4.39 Å². The first kappa shape index (κ1) is 25.3. The first-order chi connectivity index (χ1) is 18.0. The summed E-state index contributed by atoms with van der Waals surface area (Å²) in [6.45, 7) is 0.351. The smallest absolute Gasteiger partial charge is 0.266 e. The number of hydrogen-bond acceptors (Lipinski definition) is 4. The second kappa shape index (κ2) is 10.9. The van der Waals surface area contributed by atoms with Gasteiger partial charge in [-0.2, -0.15) is 5.26 Å². The van der Waals surface area contributed by atoms with Crippen LogP contribution in [0.1, 0.15) is 52.9 Å². The van der Waals surface area contributed by atoms with Gasteiger partial charge in [0, 0.05) is 28.2 Å². The fourth-order valence-electron chi connectivity index (χ4n) is 5.10. The Kier molecular flexibility index (Phi) is 7.45. The van der Waals surface area contributed by atoms with Crippen LogP contribution in [0.5, 0.6) is 5.75 Å². The summed E-state index contributed by atoms with van der Waals surface area (Å²) in [4.78, 5) is 16.3. The molecule has 37 heavy (non-hydrogen) atoms. The molecule has 0 aliphatic heterocycles. The summed E-state index contributed by atoms with van der Waals surface area (Å²) in [5, 5.41) is 9.62. The number of amides is 1. The summed E-state index contributed by atoms with van der Waals surface area (Å²) >= 11 is 7.85. The lowest BCUT2D eigenvalue weighted by atomic mass is 9.93. The van der Waals surface area contributed by atoms with Crippen LogP contribution in [-0.2, 0) is 6.54 Å². The van der Waals surface area contributed by atoms with Gasteiger partial charge in [-0.3, -0.25) is 4.79 Å². The number of fused-ring (bicyclic) bond motifs is 1. The van der Waals surface area contributed by atoms with E-state index in [1.807, 2.05) is 35.2 Å². The van der Waals surface area contributed by atoms with E-state index in [2.05, 4.69) is 6.07 Å². The van der Waals surface area contributed by atoms with Gasteiger partial charge >= 0.3 is 0 Å². The molecule has 0 spiro atoms. The largest absolute Gasteiger partial charge is 0.496 e. The van der Waals surface area contributed by atoms with Gasteiger partial charge in [0.25, 0.3) is 5.91 Å². The maximum Gasteiger partial charge on any atom is 0.266 e. The number of nitrogens with zero attached hydrogens (tertiary/aromatic N) is 2. The standard InChI is InChI=1S/C30H26ClFN2O2S/c1-36-25-15-14-21(20-12-10-19(17-33)11-13-20)16-22(25)18-34(23-6-3-2-4-7-23)30(35)29-28(31)27-24(32)8-5-9-26(27)37-29/h5,8-16,23H,2-4,6-7,18H2,1H3. The number of nitriles is 1. The fraction of sp³-hybridized carbons (Fsp3) is 0.267. The molecule has 0 bridgehead atoms. The fourth-order valence-corrected chi connectivity index (χ4v) is 6.61. The van der Waals surface area contributed by atoms with Crippen molar-refractivity contribution in [2.75, 3.05) is 7.11 Å². The molecule has 1 fully saturated rings. The number of benzene rings is 3. The Bertz CT molecular complexity index is 1490. The van der Waals surface area contributed by atoms with Gasteiger partial charge in [0.05, 0.1) is 23.8 Å². The van der Waals surface area contributed by atoms with E-state index in [4.69, 9.17) is 21.6 Å². The molecule has 0 radical (unpaired) electrons. The highest BCUT2D eigenvalue weighted by Gasteiger charge is 2.31. The Morgan fingerprint density at radius 3 is 2.51 bits per heavy atom. The lowest BCUT2D eigenvalue weighted by Gasteiger charge is -2.34. The molecule has 1 aromatic heterocycles. The van der Waals surface area contributed by atoms with Gasteiger partial charge in [-0.05, 0) is 60.4 Å². The van der Waals surface area contributed by atoms with Crippen molar-refractivity contribution in [1.29, 1.82) is 5.26 Å². The lowest BCUT2D eigenvalue weighted by Crippen LogP contribution is -2.40. The zero-order valence-electron chi connectivity index (χ0n) is 20.5. The Morgan fingerprint density at radius 2 is 1.84 bits per heavy atom. The first-order valence-electron chi connectivity index (χ1n) is 12.3. The Balaban J connectivity index is 1.54. The van der Waals surface area contributed by atoms with E-state index in [9.17, 15) is 9.18 Å². The maximum absolute atomic E-state index is 14.5. The molecule has 0 N–H and O–H groups in total. The van der Waals surface area contributed by atoms with Gasteiger partial charge in [-0.1, -0.05) is 55.1 Å². The molecule has 1 saturated carbocycles. The topological polar surface area (TPSA) is 53.3 Å². The minimum atomic E-state index is -0.418. The molecule has 5 rings (SSSR count). The van der Waals surface area contributed by atoms with Crippen molar-refractivity contribution in [3.63, 3.8) is 0 Å². The van der Waals surface area contributed by atoms with Crippen molar-refractivity contribution in [3.8, 4) is 22.9 Å². The lowest BCUT2D eigenvalue weighted by molar-refractivity contribution is 0.0618. The molecule has 1 heterocycles.